The van der Waals surface area contributed by atoms with E-state index in [-0.39, 0.29) is 6.61 Å². The number of hydrogen-bond acceptors (Lipinski definition) is 4. The Hall–Kier alpha value is -0.520. The van der Waals surface area contributed by atoms with Gasteiger partial charge in [0.25, 0.3) is 0 Å². The third-order valence-corrected chi connectivity index (χ3v) is 5.07. The van der Waals surface area contributed by atoms with Gasteiger partial charge < -0.3 is 9.84 Å². The minimum Gasteiger partial charge on any atom is -0.464 e. The molecule has 0 bridgehead atoms. The zero-order valence-corrected chi connectivity index (χ0v) is 13.2. The van der Waals surface area contributed by atoms with Crippen molar-refractivity contribution >= 4 is 33.7 Å². The first-order chi connectivity index (χ1) is 9.13. The fraction of sp³-hybridized carbons (Fsp3) is 0.500. The SMILES string of the molecule is CCOC(=O)C(O)c1ccc(C2CCSC2)c(Br)c1. The summed E-state index contributed by atoms with van der Waals surface area (Å²) in [4.78, 5) is 11.5. The predicted molar refractivity (Wildman–Crippen MR) is 80.4 cm³/mol. The van der Waals surface area contributed by atoms with Gasteiger partial charge >= 0.3 is 5.97 Å². The van der Waals surface area contributed by atoms with E-state index >= 15 is 0 Å². The third kappa shape index (κ3) is 3.52. The Kier molecular flexibility index (Phi) is 5.30. The summed E-state index contributed by atoms with van der Waals surface area (Å²) in [5.74, 6) is 2.30. The average Bonchev–Trinajstić information content (AvgIpc) is 2.91. The van der Waals surface area contributed by atoms with Gasteiger partial charge in [0.2, 0.25) is 0 Å². The molecule has 0 spiro atoms. The van der Waals surface area contributed by atoms with Crippen molar-refractivity contribution < 1.29 is 14.6 Å². The second-order valence-corrected chi connectivity index (χ2v) is 6.50. The van der Waals surface area contributed by atoms with E-state index < -0.39 is 12.1 Å². The molecule has 1 aromatic rings. The highest BCUT2D eigenvalue weighted by Gasteiger charge is 2.23. The molecule has 5 heteroatoms. The van der Waals surface area contributed by atoms with E-state index in [2.05, 4.69) is 15.9 Å². The van der Waals surface area contributed by atoms with Gasteiger partial charge in [-0.1, -0.05) is 28.1 Å². The van der Waals surface area contributed by atoms with Crippen LogP contribution in [0.25, 0.3) is 0 Å². The quantitative estimate of drug-likeness (QED) is 0.851. The molecule has 2 atom stereocenters. The molecule has 0 saturated carbocycles. The smallest absolute Gasteiger partial charge is 0.339 e. The monoisotopic (exact) mass is 344 g/mol. The Balaban J connectivity index is 2.16. The molecule has 1 heterocycles. The van der Waals surface area contributed by atoms with Crippen LogP contribution in [-0.4, -0.2) is 29.2 Å². The normalized spacial score (nSPS) is 20.3. The summed E-state index contributed by atoms with van der Waals surface area (Å²) in [7, 11) is 0. The standard InChI is InChI=1S/C14H17BrO3S/c1-2-18-14(17)13(16)9-3-4-11(12(15)7-9)10-5-6-19-8-10/h3-4,7,10,13,16H,2,5-6,8H2,1H3. The van der Waals surface area contributed by atoms with Gasteiger partial charge in [-0.25, -0.2) is 4.79 Å². The largest absolute Gasteiger partial charge is 0.464 e. The first-order valence-electron chi connectivity index (χ1n) is 6.35. The van der Waals surface area contributed by atoms with Gasteiger partial charge in [-0.3, -0.25) is 0 Å². The number of benzene rings is 1. The number of hydrogen-bond donors (Lipinski definition) is 1. The number of aliphatic hydroxyl groups is 1. The number of carbonyl (C=O) groups is 1. The van der Waals surface area contributed by atoms with E-state index in [4.69, 9.17) is 4.74 Å². The van der Waals surface area contributed by atoms with Crippen molar-refractivity contribution in [2.75, 3.05) is 18.1 Å². The summed E-state index contributed by atoms with van der Waals surface area (Å²) in [6.07, 6.45) is -0.0217. The van der Waals surface area contributed by atoms with Crippen LogP contribution in [0.2, 0.25) is 0 Å². The van der Waals surface area contributed by atoms with Crippen LogP contribution in [0, 0.1) is 0 Å². The molecule has 104 valence electrons. The van der Waals surface area contributed by atoms with E-state index in [1.54, 1.807) is 6.92 Å². The van der Waals surface area contributed by atoms with Crippen LogP contribution in [0.15, 0.2) is 22.7 Å². The molecule has 0 aromatic heterocycles. The summed E-state index contributed by atoms with van der Waals surface area (Å²) in [6.45, 7) is 2.00. The second-order valence-electron chi connectivity index (χ2n) is 4.50. The lowest BCUT2D eigenvalue weighted by atomic mass is 9.96. The maximum atomic E-state index is 11.5. The summed E-state index contributed by atoms with van der Waals surface area (Å²) in [5, 5.41) is 9.90. The maximum Gasteiger partial charge on any atom is 0.339 e. The third-order valence-electron chi connectivity index (χ3n) is 3.22. The lowest BCUT2D eigenvalue weighted by Gasteiger charge is -2.15. The lowest BCUT2D eigenvalue weighted by Crippen LogP contribution is -2.15. The van der Waals surface area contributed by atoms with Crippen molar-refractivity contribution in [1.82, 2.24) is 0 Å². The highest BCUT2D eigenvalue weighted by atomic mass is 79.9. The topological polar surface area (TPSA) is 46.5 Å². The molecular formula is C14H17BrO3S. The Morgan fingerprint density at radius 1 is 1.63 bits per heavy atom. The Labute approximate surface area is 125 Å². The number of ether oxygens (including phenoxy) is 1. The van der Waals surface area contributed by atoms with E-state index in [1.165, 1.54) is 17.7 Å². The zero-order chi connectivity index (χ0) is 13.8. The zero-order valence-electron chi connectivity index (χ0n) is 10.8. The lowest BCUT2D eigenvalue weighted by molar-refractivity contribution is -0.153. The molecule has 0 amide bonds. The van der Waals surface area contributed by atoms with Crippen molar-refractivity contribution in [2.45, 2.75) is 25.4 Å². The van der Waals surface area contributed by atoms with Gasteiger partial charge in [-0.2, -0.15) is 11.8 Å². The van der Waals surface area contributed by atoms with E-state index in [0.29, 0.717) is 11.5 Å². The van der Waals surface area contributed by atoms with Gasteiger partial charge in [0, 0.05) is 10.2 Å². The summed E-state index contributed by atoms with van der Waals surface area (Å²) in [5.41, 5.74) is 1.82. The van der Waals surface area contributed by atoms with E-state index in [1.807, 2.05) is 30.0 Å². The first-order valence-corrected chi connectivity index (χ1v) is 8.30. The number of carbonyl (C=O) groups excluding carboxylic acids is 1. The van der Waals surface area contributed by atoms with Gasteiger partial charge in [0.05, 0.1) is 6.61 Å². The summed E-state index contributed by atoms with van der Waals surface area (Å²) < 4.78 is 5.78. The van der Waals surface area contributed by atoms with Crippen LogP contribution in [0.4, 0.5) is 0 Å². The molecule has 1 aliphatic heterocycles. The van der Waals surface area contributed by atoms with Crippen molar-refractivity contribution in [3.05, 3.63) is 33.8 Å². The van der Waals surface area contributed by atoms with Crippen LogP contribution in [0.1, 0.15) is 36.5 Å². The number of thioether (sulfide) groups is 1. The van der Waals surface area contributed by atoms with Crippen LogP contribution in [0.5, 0.6) is 0 Å². The molecule has 2 rings (SSSR count). The molecule has 1 saturated heterocycles. The van der Waals surface area contributed by atoms with Crippen molar-refractivity contribution in [3.8, 4) is 0 Å². The molecule has 19 heavy (non-hydrogen) atoms. The number of aliphatic hydroxyl groups excluding tert-OH is 1. The minimum atomic E-state index is -1.21. The Morgan fingerprint density at radius 3 is 3.00 bits per heavy atom. The fourth-order valence-electron chi connectivity index (χ4n) is 2.18. The molecular weight excluding hydrogens is 328 g/mol. The van der Waals surface area contributed by atoms with E-state index in [0.717, 1.165) is 10.2 Å². The highest BCUT2D eigenvalue weighted by molar-refractivity contribution is 9.10. The van der Waals surface area contributed by atoms with Crippen LogP contribution >= 0.6 is 27.7 Å². The predicted octanol–water partition coefficient (Wildman–Crippen LogP) is 3.27. The van der Waals surface area contributed by atoms with Gasteiger partial charge in [0.1, 0.15) is 0 Å². The van der Waals surface area contributed by atoms with Crippen molar-refractivity contribution in [3.63, 3.8) is 0 Å². The van der Waals surface area contributed by atoms with Crippen LogP contribution < -0.4 is 0 Å². The van der Waals surface area contributed by atoms with E-state index in [9.17, 15) is 9.90 Å². The Bertz CT molecular complexity index is 458. The molecule has 1 aromatic carbocycles. The molecule has 3 nitrogen and oxygen atoms in total. The molecule has 0 radical (unpaired) electrons. The molecule has 1 N–H and O–H groups in total. The molecule has 1 fully saturated rings. The molecule has 1 aliphatic rings. The van der Waals surface area contributed by atoms with Crippen molar-refractivity contribution in [1.29, 1.82) is 0 Å². The van der Waals surface area contributed by atoms with Gasteiger partial charge in [-0.15, -0.1) is 0 Å². The Morgan fingerprint density at radius 2 is 2.42 bits per heavy atom. The first kappa shape index (κ1) is 14.9. The van der Waals surface area contributed by atoms with Crippen molar-refractivity contribution in [2.24, 2.45) is 0 Å². The second kappa shape index (κ2) is 6.77. The minimum absolute atomic E-state index is 0.272. The molecule has 0 aliphatic carbocycles. The van der Waals surface area contributed by atoms with Gasteiger partial charge in [0.15, 0.2) is 6.10 Å². The maximum absolute atomic E-state index is 11.5. The summed E-state index contributed by atoms with van der Waals surface area (Å²) in [6, 6.07) is 5.63. The highest BCUT2D eigenvalue weighted by Crippen LogP contribution is 2.37. The average molecular weight is 345 g/mol. The summed E-state index contributed by atoms with van der Waals surface area (Å²) >= 11 is 5.50. The number of halogens is 1. The number of rotatable bonds is 4. The fourth-order valence-corrected chi connectivity index (χ4v) is 4.15. The number of esters is 1. The van der Waals surface area contributed by atoms with Gasteiger partial charge in [-0.05, 0) is 42.2 Å². The van der Waals surface area contributed by atoms with Crippen LogP contribution in [-0.2, 0) is 9.53 Å². The van der Waals surface area contributed by atoms with Crippen LogP contribution in [0.3, 0.4) is 0 Å². The molecule has 2 unspecified atom stereocenters.